The Balaban J connectivity index is 1.64. The molecule has 0 fully saturated rings. The lowest BCUT2D eigenvalue weighted by Gasteiger charge is -2.10. The average molecular weight is 436 g/mol. The van der Waals surface area contributed by atoms with Crippen LogP contribution in [-0.4, -0.2) is 15.0 Å². The van der Waals surface area contributed by atoms with Crippen molar-refractivity contribution in [3.05, 3.63) is 109 Å². The van der Waals surface area contributed by atoms with Gasteiger partial charge in [-0.05, 0) is 29.3 Å². The highest BCUT2D eigenvalue weighted by molar-refractivity contribution is 7.94. The lowest BCUT2D eigenvalue weighted by Crippen LogP contribution is -2.00. The van der Waals surface area contributed by atoms with Crippen molar-refractivity contribution in [2.45, 2.75) is 4.90 Å². The highest BCUT2D eigenvalue weighted by Gasteiger charge is 2.12. The topological polar surface area (TPSA) is 38.7 Å². The Hall–Kier alpha value is -3.83. The standard InChI is InChI=1S/C27H18FN3S/c28-32-24-16-8-14-22(18-24)21-13-7-15-23(17-21)27-30-25(19-9-3-1-4-10-19)29-26(31-27)20-11-5-2-6-12-20/h1-18H. The van der Waals surface area contributed by atoms with Gasteiger partial charge in [0.25, 0.3) is 0 Å². The summed E-state index contributed by atoms with van der Waals surface area (Å²) in [6, 6.07) is 35.2. The minimum absolute atomic E-state index is 0.244. The SMILES string of the molecule is FSc1cccc(-c2cccc(-c3nc(-c4ccccc4)nc(-c4ccccc4)n3)c2)c1. The number of halogens is 1. The Morgan fingerprint density at radius 3 is 1.44 bits per heavy atom. The maximum Gasteiger partial charge on any atom is 0.164 e. The zero-order chi connectivity index (χ0) is 21.8. The van der Waals surface area contributed by atoms with Crippen molar-refractivity contribution in [2.75, 3.05) is 0 Å². The van der Waals surface area contributed by atoms with E-state index in [-0.39, 0.29) is 12.1 Å². The van der Waals surface area contributed by atoms with E-state index in [0.29, 0.717) is 22.4 Å². The summed E-state index contributed by atoms with van der Waals surface area (Å²) in [5.41, 5.74) is 4.64. The molecule has 0 N–H and O–H groups in total. The van der Waals surface area contributed by atoms with E-state index in [1.165, 1.54) is 0 Å². The van der Waals surface area contributed by atoms with Crippen molar-refractivity contribution >= 4 is 12.1 Å². The van der Waals surface area contributed by atoms with Gasteiger partial charge in [0.15, 0.2) is 17.5 Å². The van der Waals surface area contributed by atoms with Crippen LogP contribution in [0.5, 0.6) is 0 Å². The van der Waals surface area contributed by atoms with Crippen LogP contribution in [0.2, 0.25) is 0 Å². The predicted octanol–water partition coefficient (Wildman–Crippen LogP) is 7.52. The molecule has 3 nitrogen and oxygen atoms in total. The van der Waals surface area contributed by atoms with Crippen molar-refractivity contribution in [1.82, 2.24) is 15.0 Å². The van der Waals surface area contributed by atoms with Gasteiger partial charge in [0, 0.05) is 21.6 Å². The third-order valence-electron chi connectivity index (χ3n) is 5.08. The van der Waals surface area contributed by atoms with Gasteiger partial charge >= 0.3 is 0 Å². The Kier molecular flexibility index (Phi) is 5.73. The fourth-order valence-corrected chi connectivity index (χ4v) is 3.80. The quantitative estimate of drug-likeness (QED) is 0.286. The van der Waals surface area contributed by atoms with Gasteiger partial charge in [-0.1, -0.05) is 91.0 Å². The van der Waals surface area contributed by atoms with Crippen molar-refractivity contribution in [1.29, 1.82) is 0 Å². The molecular formula is C27H18FN3S. The molecule has 0 atom stereocenters. The van der Waals surface area contributed by atoms with Crippen LogP contribution >= 0.6 is 12.1 Å². The summed E-state index contributed by atoms with van der Waals surface area (Å²) in [4.78, 5) is 14.9. The molecule has 0 aliphatic heterocycles. The number of nitrogens with zero attached hydrogens (tertiary/aromatic N) is 3. The Morgan fingerprint density at radius 2 is 0.875 bits per heavy atom. The molecule has 0 aliphatic rings. The molecule has 0 radical (unpaired) electrons. The van der Waals surface area contributed by atoms with Gasteiger partial charge in [-0.2, -0.15) is 3.89 Å². The fourth-order valence-electron chi connectivity index (χ4n) is 3.50. The first-order valence-corrected chi connectivity index (χ1v) is 10.9. The Bertz CT molecular complexity index is 1300. The molecular weight excluding hydrogens is 417 g/mol. The number of aromatic nitrogens is 3. The highest BCUT2D eigenvalue weighted by atomic mass is 32.2. The van der Waals surface area contributed by atoms with Crippen LogP contribution in [0.1, 0.15) is 0 Å². The summed E-state index contributed by atoms with van der Waals surface area (Å²) >= 11 is 0.244. The third kappa shape index (κ3) is 4.29. The largest absolute Gasteiger partial charge is 0.208 e. The summed E-state index contributed by atoms with van der Waals surface area (Å²) < 4.78 is 13.1. The molecule has 0 aliphatic carbocycles. The lowest BCUT2D eigenvalue weighted by atomic mass is 10.0. The molecule has 0 amide bonds. The minimum Gasteiger partial charge on any atom is -0.208 e. The van der Waals surface area contributed by atoms with E-state index in [0.717, 1.165) is 27.8 Å². The minimum atomic E-state index is 0.244. The summed E-state index contributed by atoms with van der Waals surface area (Å²) in [7, 11) is 0. The predicted molar refractivity (Wildman–Crippen MR) is 129 cm³/mol. The molecule has 0 bridgehead atoms. The molecule has 0 saturated carbocycles. The Labute approximate surface area is 190 Å². The van der Waals surface area contributed by atoms with Gasteiger partial charge in [-0.15, -0.1) is 0 Å². The van der Waals surface area contributed by atoms with Crippen molar-refractivity contribution in [3.8, 4) is 45.3 Å². The van der Waals surface area contributed by atoms with Crippen LogP contribution < -0.4 is 0 Å². The van der Waals surface area contributed by atoms with Crippen molar-refractivity contribution < 1.29 is 3.89 Å². The first-order chi connectivity index (χ1) is 15.8. The maximum absolute atomic E-state index is 13.1. The van der Waals surface area contributed by atoms with Crippen molar-refractivity contribution in [3.63, 3.8) is 0 Å². The van der Waals surface area contributed by atoms with Gasteiger partial charge in [0.2, 0.25) is 0 Å². The van der Waals surface area contributed by atoms with E-state index >= 15 is 0 Å². The molecule has 5 rings (SSSR count). The second-order valence-corrected chi connectivity index (χ2v) is 7.85. The fraction of sp³-hybridized carbons (Fsp3) is 0. The molecule has 154 valence electrons. The van der Waals surface area contributed by atoms with Gasteiger partial charge in [-0.25, -0.2) is 15.0 Å². The summed E-state index contributed by atoms with van der Waals surface area (Å²) in [5.74, 6) is 1.84. The number of rotatable bonds is 5. The second kappa shape index (κ2) is 9.12. The highest BCUT2D eigenvalue weighted by Crippen LogP contribution is 2.30. The molecule has 5 aromatic rings. The van der Waals surface area contributed by atoms with Gasteiger partial charge in [-0.3, -0.25) is 0 Å². The average Bonchev–Trinajstić information content (AvgIpc) is 2.89. The van der Waals surface area contributed by atoms with E-state index in [4.69, 9.17) is 15.0 Å². The third-order valence-corrected chi connectivity index (χ3v) is 5.51. The smallest absolute Gasteiger partial charge is 0.164 e. The van der Waals surface area contributed by atoms with E-state index in [9.17, 15) is 3.89 Å². The zero-order valence-electron chi connectivity index (χ0n) is 17.0. The first kappa shape index (κ1) is 20.1. The summed E-state index contributed by atoms with van der Waals surface area (Å²) in [5, 5.41) is 0. The number of benzene rings is 4. The van der Waals surface area contributed by atoms with Crippen LogP contribution in [0, 0.1) is 0 Å². The van der Waals surface area contributed by atoms with Gasteiger partial charge in [0.05, 0.1) is 12.1 Å². The molecule has 5 heteroatoms. The van der Waals surface area contributed by atoms with E-state index in [1.54, 1.807) is 6.07 Å². The normalized spacial score (nSPS) is 10.8. The van der Waals surface area contributed by atoms with Crippen LogP contribution in [0.3, 0.4) is 0 Å². The second-order valence-electron chi connectivity index (χ2n) is 7.22. The van der Waals surface area contributed by atoms with Crippen LogP contribution in [-0.2, 0) is 0 Å². The molecule has 0 saturated heterocycles. The molecule has 0 unspecified atom stereocenters. The zero-order valence-corrected chi connectivity index (χ0v) is 17.8. The van der Waals surface area contributed by atoms with Crippen LogP contribution in [0.15, 0.2) is 114 Å². The molecule has 4 aromatic carbocycles. The monoisotopic (exact) mass is 435 g/mol. The van der Waals surface area contributed by atoms with Gasteiger partial charge < -0.3 is 0 Å². The van der Waals surface area contributed by atoms with E-state index < -0.39 is 0 Å². The molecule has 1 heterocycles. The summed E-state index contributed by atoms with van der Waals surface area (Å²) in [6.07, 6.45) is 0. The molecule has 1 aromatic heterocycles. The van der Waals surface area contributed by atoms with Crippen LogP contribution in [0.25, 0.3) is 45.3 Å². The summed E-state index contributed by atoms with van der Waals surface area (Å²) in [6.45, 7) is 0. The lowest BCUT2D eigenvalue weighted by molar-refractivity contribution is 0.934. The van der Waals surface area contributed by atoms with Gasteiger partial charge in [0.1, 0.15) is 0 Å². The maximum atomic E-state index is 13.1. The molecule has 0 spiro atoms. The van der Waals surface area contributed by atoms with Crippen LogP contribution in [0.4, 0.5) is 3.89 Å². The molecule has 32 heavy (non-hydrogen) atoms. The van der Waals surface area contributed by atoms with Crippen molar-refractivity contribution in [2.24, 2.45) is 0 Å². The Morgan fingerprint density at radius 1 is 0.438 bits per heavy atom. The van der Waals surface area contributed by atoms with E-state index in [1.807, 2.05) is 103 Å². The first-order valence-electron chi connectivity index (χ1n) is 10.2. The number of hydrogen-bond acceptors (Lipinski definition) is 4. The number of hydrogen-bond donors (Lipinski definition) is 0. The van der Waals surface area contributed by atoms with E-state index in [2.05, 4.69) is 0 Å².